The number of aliphatic carboxylic acids is 1. The fraction of sp³-hybridized carbons (Fsp3) is 0.800. The van der Waals surface area contributed by atoms with Crippen molar-refractivity contribution in [1.29, 1.82) is 0 Å². The molecule has 0 radical (unpaired) electrons. The molecule has 0 heterocycles. The molecule has 0 aliphatic rings. The van der Waals surface area contributed by atoms with Crippen LogP contribution < -0.4 is 5.32 Å². The predicted octanol–water partition coefficient (Wildman–Crippen LogP) is 1.40. The molecule has 2 N–H and O–H groups in total. The Bertz CT molecular complexity index is 190. The van der Waals surface area contributed by atoms with E-state index in [2.05, 4.69) is 5.32 Å². The molecule has 0 spiro atoms. The van der Waals surface area contributed by atoms with Crippen LogP contribution >= 0.6 is 0 Å². The van der Waals surface area contributed by atoms with Crippen molar-refractivity contribution in [3.63, 3.8) is 0 Å². The van der Waals surface area contributed by atoms with Crippen LogP contribution in [0.2, 0.25) is 0 Å². The molecular weight excluding hydrogens is 182 g/mol. The van der Waals surface area contributed by atoms with E-state index in [1.165, 1.54) is 0 Å². The summed E-state index contributed by atoms with van der Waals surface area (Å²) in [6.07, 6.45) is 1.80. The Hall–Kier alpha value is -1.06. The van der Waals surface area contributed by atoms with Gasteiger partial charge in [-0.25, -0.2) is 0 Å². The molecular formula is C10H19NO3. The quantitative estimate of drug-likeness (QED) is 0.612. The average Bonchev–Trinajstić information content (AvgIpc) is 2.08. The fourth-order valence-corrected chi connectivity index (χ4v) is 0.968. The van der Waals surface area contributed by atoms with E-state index in [-0.39, 0.29) is 12.3 Å². The van der Waals surface area contributed by atoms with Crippen LogP contribution in [0.25, 0.3) is 0 Å². The molecule has 0 aromatic carbocycles. The van der Waals surface area contributed by atoms with Gasteiger partial charge in [0.15, 0.2) is 0 Å². The van der Waals surface area contributed by atoms with E-state index in [1.54, 1.807) is 0 Å². The van der Waals surface area contributed by atoms with Gasteiger partial charge in [-0.3, -0.25) is 9.59 Å². The molecule has 4 heteroatoms. The van der Waals surface area contributed by atoms with E-state index < -0.39 is 5.97 Å². The van der Waals surface area contributed by atoms with Gasteiger partial charge in [-0.2, -0.15) is 0 Å². The maximum atomic E-state index is 11.1. The van der Waals surface area contributed by atoms with Crippen molar-refractivity contribution < 1.29 is 14.7 Å². The minimum absolute atomic E-state index is 0.0177. The molecule has 0 aromatic heterocycles. The summed E-state index contributed by atoms with van der Waals surface area (Å²) in [5, 5.41) is 11.1. The first-order valence-electron chi connectivity index (χ1n) is 5.01. The predicted molar refractivity (Wildman–Crippen MR) is 54.0 cm³/mol. The smallest absolute Gasteiger partial charge is 0.303 e. The molecule has 0 aromatic rings. The van der Waals surface area contributed by atoms with Crippen molar-refractivity contribution in [2.24, 2.45) is 5.92 Å². The van der Waals surface area contributed by atoms with Crippen LogP contribution in [-0.2, 0) is 9.59 Å². The van der Waals surface area contributed by atoms with E-state index in [4.69, 9.17) is 5.11 Å². The van der Waals surface area contributed by atoms with Crippen molar-refractivity contribution in [3.8, 4) is 0 Å². The third kappa shape index (κ3) is 9.03. The van der Waals surface area contributed by atoms with Crippen molar-refractivity contribution >= 4 is 11.9 Å². The first-order chi connectivity index (χ1) is 6.52. The van der Waals surface area contributed by atoms with E-state index in [0.717, 1.165) is 0 Å². The van der Waals surface area contributed by atoms with Crippen molar-refractivity contribution in [1.82, 2.24) is 5.32 Å². The van der Waals surface area contributed by atoms with Gasteiger partial charge in [0.2, 0.25) is 5.91 Å². The molecule has 4 nitrogen and oxygen atoms in total. The SMILES string of the molecule is CC(C)CNC(=O)CCCCC(=O)O. The first-order valence-corrected chi connectivity index (χ1v) is 5.01. The average molecular weight is 201 g/mol. The standard InChI is InChI=1S/C10H19NO3/c1-8(2)7-11-9(12)5-3-4-6-10(13)14/h8H,3-7H2,1-2H3,(H,11,12)(H,13,14). The summed E-state index contributed by atoms with van der Waals surface area (Å²) in [6.45, 7) is 4.76. The Morgan fingerprint density at radius 2 is 1.79 bits per heavy atom. The molecule has 82 valence electrons. The highest BCUT2D eigenvalue weighted by atomic mass is 16.4. The summed E-state index contributed by atoms with van der Waals surface area (Å²) in [5.74, 6) is -0.324. The zero-order chi connectivity index (χ0) is 11.0. The van der Waals surface area contributed by atoms with E-state index in [9.17, 15) is 9.59 Å². The topological polar surface area (TPSA) is 66.4 Å². The van der Waals surface area contributed by atoms with Gasteiger partial charge in [-0.15, -0.1) is 0 Å². The van der Waals surface area contributed by atoms with Gasteiger partial charge in [0.05, 0.1) is 0 Å². The molecule has 1 amide bonds. The Balaban J connectivity index is 3.31. The summed E-state index contributed by atoms with van der Waals surface area (Å²) in [4.78, 5) is 21.3. The molecule has 0 saturated heterocycles. The van der Waals surface area contributed by atoms with Gasteiger partial charge in [-0.1, -0.05) is 13.8 Å². The second-order valence-corrected chi connectivity index (χ2v) is 3.80. The molecule has 0 bridgehead atoms. The van der Waals surface area contributed by atoms with E-state index in [1.807, 2.05) is 13.8 Å². The van der Waals surface area contributed by atoms with Crippen LogP contribution in [0, 0.1) is 5.92 Å². The molecule has 0 atom stereocenters. The minimum Gasteiger partial charge on any atom is -0.481 e. The number of carboxylic acid groups (broad SMARTS) is 1. The summed E-state index contributed by atoms with van der Waals surface area (Å²) < 4.78 is 0. The van der Waals surface area contributed by atoms with Crippen molar-refractivity contribution in [3.05, 3.63) is 0 Å². The second-order valence-electron chi connectivity index (χ2n) is 3.80. The number of rotatable bonds is 7. The Morgan fingerprint density at radius 1 is 1.21 bits per heavy atom. The van der Waals surface area contributed by atoms with Crippen LogP contribution in [0.4, 0.5) is 0 Å². The maximum Gasteiger partial charge on any atom is 0.303 e. The third-order valence-corrected chi connectivity index (χ3v) is 1.75. The van der Waals surface area contributed by atoms with Crippen LogP contribution in [0.5, 0.6) is 0 Å². The molecule has 0 aliphatic heterocycles. The van der Waals surface area contributed by atoms with Crippen LogP contribution in [-0.4, -0.2) is 23.5 Å². The summed E-state index contributed by atoms with van der Waals surface area (Å²) >= 11 is 0. The zero-order valence-electron chi connectivity index (χ0n) is 8.88. The minimum atomic E-state index is -0.799. The highest BCUT2D eigenvalue weighted by Crippen LogP contribution is 1.99. The fourth-order valence-electron chi connectivity index (χ4n) is 0.968. The number of carbonyl (C=O) groups excluding carboxylic acids is 1. The van der Waals surface area contributed by atoms with Crippen LogP contribution in [0.1, 0.15) is 39.5 Å². The maximum absolute atomic E-state index is 11.1. The molecule has 0 fully saturated rings. The Labute approximate surface area is 84.7 Å². The van der Waals surface area contributed by atoms with Crippen LogP contribution in [0.3, 0.4) is 0 Å². The summed E-state index contributed by atoms with van der Waals surface area (Å²) in [6, 6.07) is 0. The number of amides is 1. The molecule has 0 saturated carbocycles. The molecule has 0 unspecified atom stereocenters. The number of unbranched alkanes of at least 4 members (excludes halogenated alkanes) is 1. The third-order valence-electron chi connectivity index (χ3n) is 1.75. The van der Waals surface area contributed by atoms with E-state index >= 15 is 0 Å². The zero-order valence-corrected chi connectivity index (χ0v) is 8.88. The highest BCUT2D eigenvalue weighted by molar-refractivity contribution is 5.75. The Kier molecular flexibility index (Phi) is 6.80. The monoisotopic (exact) mass is 201 g/mol. The van der Waals surface area contributed by atoms with Crippen LogP contribution in [0.15, 0.2) is 0 Å². The number of carboxylic acids is 1. The summed E-state index contributed by atoms with van der Waals surface area (Å²) in [5.41, 5.74) is 0. The molecule has 14 heavy (non-hydrogen) atoms. The first kappa shape index (κ1) is 12.9. The number of hydrogen-bond donors (Lipinski definition) is 2. The van der Waals surface area contributed by atoms with Gasteiger partial charge in [0.25, 0.3) is 0 Å². The van der Waals surface area contributed by atoms with Gasteiger partial charge < -0.3 is 10.4 Å². The molecule has 0 rings (SSSR count). The van der Waals surface area contributed by atoms with Gasteiger partial charge in [-0.05, 0) is 18.8 Å². The van der Waals surface area contributed by atoms with E-state index in [0.29, 0.717) is 31.7 Å². The lowest BCUT2D eigenvalue weighted by atomic mass is 10.2. The lowest BCUT2D eigenvalue weighted by Gasteiger charge is -2.06. The number of carbonyl (C=O) groups is 2. The Morgan fingerprint density at radius 3 is 2.29 bits per heavy atom. The summed E-state index contributed by atoms with van der Waals surface area (Å²) in [7, 11) is 0. The highest BCUT2D eigenvalue weighted by Gasteiger charge is 2.03. The number of hydrogen-bond acceptors (Lipinski definition) is 2. The lowest BCUT2D eigenvalue weighted by molar-refractivity contribution is -0.137. The van der Waals surface area contributed by atoms with Crippen molar-refractivity contribution in [2.45, 2.75) is 39.5 Å². The second kappa shape index (κ2) is 7.35. The largest absolute Gasteiger partial charge is 0.481 e. The van der Waals surface area contributed by atoms with Gasteiger partial charge >= 0.3 is 5.97 Å². The number of nitrogens with one attached hydrogen (secondary N) is 1. The van der Waals surface area contributed by atoms with Gasteiger partial charge in [0.1, 0.15) is 0 Å². The van der Waals surface area contributed by atoms with Crippen molar-refractivity contribution in [2.75, 3.05) is 6.54 Å². The lowest BCUT2D eigenvalue weighted by Crippen LogP contribution is -2.26. The molecule has 0 aliphatic carbocycles. The normalized spacial score (nSPS) is 10.2. The van der Waals surface area contributed by atoms with Gasteiger partial charge in [0, 0.05) is 19.4 Å².